The molecule has 0 bridgehead atoms. The van der Waals surface area contributed by atoms with Crippen LogP contribution in [0.5, 0.6) is 0 Å². The molecule has 0 saturated carbocycles. The number of fused-ring (bicyclic) bond motifs is 1. The third-order valence-electron chi connectivity index (χ3n) is 3.99. The monoisotopic (exact) mass is 326 g/mol. The van der Waals surface area contributed by atoms with Crippen molar-refractivity contribution in [3.8, 4) is 0 Å². The second-order valence-corrected chi connectivity index (χ2v) is 5.95. The summed E-state index contributed by atoms with van der Waals surface area (Å²) in [6.45, 7) is 2.66. The predicted molar refractivity (Wildman–Crippen MR) is 95.2 cm³/mol. The molecule has 4 heteroatoms. The second kappa shape index (κ2) is 6.88. The topological polar surface area (TPSA) is 44.9 Å². The molecular weight excluding hydrogens is 308 g/mol. The van der Waals surface area contributed by atoms with E-state index >= 15 is 0 Å². The van der Waals surface area contributed by atoms with Crippen LogP contribution < -0.4 is 5.32 Å². The number of carbonyl (C=O) groups excluding carboxylic acids is 1. The summed E-state index contributed by atoms with van der Waals surface area (Å²) in [6, 6.07) is 15.8. The quantitative estimate of drug-likeness (QED) is 0.719. The van der Waals surface area contributed by atoms with E-state index in [9.17, 15) is 4.79 Å². The maximum Gasteiger partial charge on any atom is 0.268 e. The smallest absolute Gasteiger partial charge is 0.268 e. The lowest BCUT2D eigenvalue weighted by Gasteiger charge is -2.06. The van der Waals surface area contributed by atoms with Gasteiger partial charge in [0.05, 0.1) is 0 Å². The number of rotatable bonds is 5. The highest BCUT2D eigenvalue weighted by molar-refractivity contribution is 6.31. The number of H-pyrrole nitrogens is 1. The van der Waals surface area contributed by atoms with Gasteiger partial charge < -0.3 is 10.3 Å². The maximum atomic E-state index is 12.5. The zero-order valence-corrected chi connectivity index (χ0v) is 13.8. The first-order valence-corrected chi connectivity index (χ1v) is 8.19. The largest absolute Gasteiger partial charge is 0.350 e. The number of nitrogens with one attached hydrogen (secondary N) is 2. The van der Waals surface area contributed by atoms with Crippen molar-refractivity contribution in [3.63, 3.8) is 0 Å². The van der Waals surface area contributed by atoms with Crippen LogP contribution in [0.2, 0.25) is 5.02 Å². The molecule has 1 amide bonds. The lowest BCUT2D eigenvalue weighted by Crippen LogP contribution is -2.26. The van der Waals surface area contributed by atoms with Crippen molar-refractivity contribution in [2.24, 2.45) is 0 Å². The van der Waals surface area contributed by atoms with E-state index < -0.39 is 0 Å². The molecule has 3 aromatic rings. The number of aromatic amines is 1. The van der Waals surface area contributed by atoms with Crippen molar-refractivity contribution >= 4 is 28.4 Å². The number of hydrogen-bond acceptors (Lipinski definition) is 1. The van der Waals surface area contributed by atoms with Crippen molar-refractivity contribution in [2.75, 3.05) is 6.54 Å². The molecule has 0 aliphatic heterocycles. The Labute approximate surface area is 140 Å². The Bertz CT molecular complexity index is 824. The highest BCUT2D eigenvalue weighted by atomic mass is 35.5. The molecule has 0 aliphatic carbocycles. The van der Waals surface area contributed by atoms with E-state index in [0.717, 1.165) is 29.3 Å². The summed E-state index contributed by atoms with van der Waals surface area (Å²) in [7, 11) is 0. The summed E-state index contributed by atoms with van der Waals surface area (Å²) >= 11 is 6.07. The van der Waals surface area contributed by atoms with Gasteiger partial charge in [0, 0.05) is 22.5 Å². The van der Waals surface area contributed by atoms with E-state index in [2.05, 4.69) is 22.4 Å². The van der Waals surface area contributed by atoms with Crippen LogP contribution in [0.15, 0.2) is 48.5 Å². The van der Waals surface area contributed by atoms with E-state index in [0.29, 0.717) is 17.3 Å². The summed E-state index contributed by atoms with van der Waals surface area (Å²) in [6.07, 6.45) is 1.60. The van der Waals surface area contributed by atoms with E-state index in [1.807, 2.05) is 43.3 Å². The molecule has 0 aliphatic rings. The van der Waals surface area contributed by atoms with Gasteiger partial charge in [-0.1, -0.05) is 48.9 Å². The highest BCUT2D eigenvalue weighted by Gasteiger charge is 2.16. The highest BCUT2D eigenvalue weighted by Crippen LogP contribution is 2.26. The molecule has 118 valence electrons. The van der Waals surface area contributed by atoms with Crippen molar-refractivity contribution in [3.05, 3.63) is 70.4 Å². The number of hydrogen-bond donors (Lipinski definition) is 2. The molecule has 1 aromatic heterocycles. The average Bonchev–Trinajstić information content (AvgIpc) is 2.93. The fourth-order valence-corrected chi connectivity index (χ4v) is 3.01. The van der Waals surface area contributed by atoms with Crippen LogP contribution in [0, 0.1) is 0 Å². The molecule has 3 nitrogen and oxygen atoms in total. The molecule has 0 unspecified atom stereocenters. The molecule has 2 aromatic carbocycles. The van der Waals surface area contributed by atoms with Crippen molar-refractivity contribution in [2.45, 2.75) is 19.8 Å². The van der Waals surface area contributed by atoms with E-state index in [-0.39, 0.29) is 5.91 Å². The summed E-state index contributed by atoms with van der Waals surface area (Å²) in [5.74, 6) is -0.0647. The van der Waals surface area contributed by atoms with Gasteiger partial charge in [0.1, 0.15) is 5.69 Å². The Hall–Kier alpha value is -2.26. The van der Waals surface area contributed by atoms with E-state index in [1.165, 1.54) is 5.56 Å². The predicted octanol–water partition coefficient (Wildman–Crippen LogP) is 4.36. The van der Waals surface area contributed by atoms with E-state index in [4.69, 9.17) is 11.6 Å². The molecule has 0 fully saturated rings. The standard InChI is InChI=1S/C19H19ClN2O/c1-2-15-16-12-14(20)8-9-17(16)22-18(15)19(23)21-11-10-13-6-4-3-5-7-13/h3-9,12,22H,2,10-11H2,1H3,(H,21,23). The molecule has 1 heterocycles. The number of carbonyl (C=O) groups is 1. The molecule has 3 rings (SSSR count). The number of benzene rings is 2. The Kier molecular flexibility index (Phi) is 4.68. The van der Waals surface area contributed by atoms with E-state index in [1.54, 1.807) is 0 Å². The molecule has 0 saturated heterocycles. The van der Waals surface area contributed by atoms with Gasteiger partial charge in [-0.05, 0) is 42.2 Å². The minimum absolute atomic E-state index is 0.0647. The SMILES string of the molecule is CCc1c(C(=O)NCCc2ccccc2)[nH]c2ccc(Cl)cc12. The first-order chi connectivity index (χ1) is 11.2. The number of halogens is 1. The van der Waals surface area contributed by atoms with Gasteiger partial charge in [-0.15, -0.1) is 0 Å². The zero-order chi connectivity index (χ0) is 16.2. The first-order valence-electron chi connectivity index (χ1n) is 7.81. The van der Waals surface area contributed by atoms with Crippen molar-refractivity contribution in [1.29, 1.82) is 0 Å². The molecule has 0 atom stereocenters. The summed E-state index contributed by atoms with van der Waals surface area (Å²) in [5, 5.41) is 4.70. The van der Waals surface area contributed by atoms with Gasteiger partial charge in [-0.2, -0.15) is 0 Å². The van der Waals surface area contributed by atoms with Gasteiger partial charge in [-0.25, -0.2) is 0 Å². The number of aryl methyl sites for hydroxylation is 1. The van der Waals surface area contributed by atoms with Crippen molar-refractivity contribution < 1.29 is 4.79 Å². The molecule has 23 heavy (non-hydrogen) atoms. The number of aromatic nitrogens is 1. The second-order valence-electron chi connectivity index (χ2n) is 5.51. The lowest BCUT2D eigenvalue weighted by atomic mass is 10.1. The molecule has 2 N–H and O–H groups in total. The van der Waals surface area contributed by atoms with Crippen molar-refractivity contribution in [1.82, 2.24) is 10.3 Å². The van der Waals surface area contributed by atoms with Crippen LogP contribution in [0.3, 0.4) is 0 Å². The van der Waals surface area contributed by atoms with Gasteiger partial charge in [0.15, 0.2) is 0 Å². The van der Waals surface area contributed by atoms with Crippen LogP contribution in [-0.2, 0) is 12.8 Å². The van der Waals surface area contributed by atoms with Gasteiger partial charge in [-0.3, -0.25) is 4.79 Å². The van der Waals surface area contributed by atoms with Crippen LogP contribution in [0.25, 0.3) is 10.9 Å². The Morgan fingerprint density at radius 3 is 2.70 bits per heavy atom. The Morgan fingerprint density at radius 1 is 1.17 bits per heavy atom. The minimum Gasteiger partial charge on any atom is -0.350 e. The summed E-state index contributed by atoms with van der Waals surface area (Å²) in [4.78, 5) is 15.7. The summed E-state index contributed by atoms with van der Waals surface area (Å²) < 4.78 is 0. The van der Waals surface area contributed by atoms with Gasteiger partial charge in [0.2, 0.25) is 0 Å². The van der Waals surface area contributed by atoms with Crippen LogP contribution in [0.1, 0.15) is 28.5 Å². The third-order valence-corrected chi connectivity index (χ3v) is 4.23. The molecule has 0 radical (unpaired) electrons. The fraction of sp³-hybridized carbons (Fsp3) is 0.211. The average molecular weight is 327 g/mol. The van der Waals surface area contributed by atoms with Gasteiger partial charge in [0.25, 0.3) is 5.91 Å². The van der Waals surface area contributed by atoms with Crippen LogP contribution in [0.4, 0.5) is 0 Å². The Balaban J connectivity index is 1.75. The maximum absolute atomic E-state index is 12.5. The molecule has 0 spiro atoms. The summed E-state index contributed by atoms with van der Waals surface area (Å²) in [5.41, 5.74) is 3.81. The Morgan fingerprint density at radius 2 is 1.96 bits per heavy atom. The van der Waals surface area contributed by atoms with Gasteiger partial charge >= 0.3 is 0 Å². The van der Waals surface area contributed by atoms with Crippen LogP contribution >= 0.6 is 11.6 Å². The zero-order valence-electron chi connectivity index (χ0n) is 13.0. The molecular formula is C19H19ClN2O. The van der Waals surface area contributed by atoms with Crippen LogP contribution in [-0.4, -0.2) is 17.4 Å². The first kappa shape index (κ1) is 15.6. The normalized spacial score (nSPS) is 10.9. The number of amides is 1. The third kappa shape index (κ3) is 3.40. The fourth-order valence-electron chi connectivity index (χ4n) is 2.83. The minimum atomic E-state index is -0.0647. The lowest BCUT2D eigenvalue weighted by molar-refractivity contribution is 0.0949.